The average Bonchev–Trinajstić information content (AvgIpc) is 3.16. The van der Waals surface area contributed by atoms with E-state index >= 15 is 0 Å². The summed E-state index contributed by atoms with van der Waals surface area (Å²) in [6.45, 7) is 6.99. The van der Waals surface area contributed by atoms with Gasteiger partial charge in [0.2, 0.25) is 0 Å². The standard InChI is InChI=1S/C19H27ClN4O2S/c1-14-4-2-3-7-19(14)17(25)24(18(26)21-19)13-23-10-8-22(9-11-23)12-15-5-6-16(20)27-15/h5-6,14H,2-4,7-13H2,1H3,(H,21,26)/t14-,19+/m1/s1. The molecule has 0 bridgehead atoms. The first-order valence-electron chi connectivity index (χ1n) is 9.81. The molecular weight excluding hydrogens is 384 g/mol. The van der Waals surface area contributed by atoms with E-state index in [1.807, 2.05) is 6.07 Å². The minimum absolute atomic E-state index is 0.0182. The van der Waals surface area contributed by atoms with Crippen LogP contribution in [0.15, 0.2) is 12.1 Å². The van der Waals surface area contributed by atoms with Crippen molar-refractivity contribution in [1.82, 2.24) is 20.0 Å². The van der Waals surface area contributed by atoms with Crippen molar-refractivity contribution in [1.29, 1.82) is 0 Å². The molecule has 3 heterocycles. The fraction of sp³-hybridized carbons (Fsp3) is 0.684. The van der Waals surface area contributed by atoms with E-state index in [0.29, 0.717) is 6.67 Å². The predicted molar refractivity (Wildman–Crippen MR) is 107 cm³/mol. The van der Waals surface area contributed by atoms with Gasteiger partial charge in [-0.25, -0.2) is 9.69 Å². The van der Waals surface area contributed by atoms with Gasteiger partial charge in [0.15, 0.2) is 0 Å². The summed E-state index contributed by atoms with van der Waals surface area (Å²) < 4.78 is 0.827. The van der Waals surface area contributed by atoms with Crippen molar-refractivity contribution in [3.8, 4) is 0 Å². The third kappa shape index (κ3) is 3.75. The van der Waals surface area contributed by atoms with Gasteiger partial charge in [-0.15, -0.1) is 11.3 Å². The van der Waals surface area contributed by atoms with Crippen molar-refractivity contribution in [2.45, 2.75) is 44.7 Å². The smallest absolute Gasteiger partial charge is 0.323 e. The topological polar surface area (TPSA) is 55.9 Å². The van der Waals surface area contributed by atoms with Gasteiger partial charge >= 0.3 is 6.03 Å². The number of carbonyl (C=O) groups is 2. The Balaban J connectivity index is 1.32. The second-order valence-electron chi connectivity index (χ2n) is 8.02. The molecule has 6 nitrogen and oxygen atoms in total. The SMILES string of the molecule is C[C@@H]1CCCC[C@]12NC(=O)N(CN1CCN(Cc3ccc(Cl)s3)CC1)C2=O. The van der Waals surface area contributed by atoms with Crippen LogP contribution in [0.3, 0.4) is 0 Å². The Hall–Kier alpha value is -1.15. The van der Waals surface area contributed by atoms with Gasteiger partial charge in [-0.2, -0.15) is 0 Å². The molecular formula is C19H27ClN4O2S. The van der Waals surface area contributed by atoms with Gasteiger partial charge < -0.3 is 5.32 Å². The van der Waals surface area contributed by atoms with Crippen LogP contribution in [-0.2, 0) is 11.3 Å². The lowest BCUT2D eigenvalue weighted by Crippen LogP contribution is -2.55. The molecule has 3 fully saturated rings. The van der Waals surface area contributed by atoms with Crippen LogP contribution in [0.2, 0.25) is 4.34 Å². The fourth-order valence-corrected chi connectivity index (χ4v) is 5.70. The van der Waals surface area contributed by atoms with E-state index in [-0.39, 0.29) is 17.9 Å². The van der Waals surface area contributed by atoms with Crippen molar-refractivity contribution in [2.75, 3.05) is 32.8 Å². The molecule has 1 aromatic rings. The number of amides is 3. The molecule has 27 heavy (non-hydrogen) atoms. The molecule has 148 valence electrons. The summed E-state index contributed by atoms with van der Waals surface area (Å²) in [4.78, 5) is 32.9. The molecule has 0 aromatic carbocycles. The maximum atomic E-state index is 13.1. The number of urea groups is 1. The van der Waals surface area contributed by atoms with Crippen LogP contribution in [-0.4, -0.2) is 65.0 Å². The van der Waals surface area contributed by atoms with Crippen LogP contribution in [0.25, 0.3) is 0 Å². The lowest BCUT2D eigenvalue weighted by Gasteiger charge is -2.38. The summed E-state index contributed by atoms with van der Waals surface area (Å²) in [5.41, 5.74) is -0.657. The Kier molecular flexibility index (Phi) is 5.47. The summed E-state index contributed by atoms with van der Waals surface area (Å²) >= 11 is 7.64. The summed E-state index contributed by atoms with van der Waals surface area (Å²) in [6.07, 6.45) is 3.93. The Morgan fingerprint density at radius 3 is 2.59 bits per heavy atom. The van der Waals surface area contributed by atoms with E-state index in [9.17, 15) is 9.59 Å². The van der Waals surface area contributed by atoms with Crippen LogP contribution in [0.4, 0.5) is 4.79 Å². The number of nitrogens with one attached hydrogen (secondary N) is 1. The molecule has 8 heteroatoms. The molecule has 1 saturated carbocycles. The molecule has 1 aliphatic carbocycles. The molecule has 1 spiro atoms. The zero-order valence-corrected chi connectivity index (χ0v) is 17.3. The Bertz CT molecular complexity index is 718. The first-order chi connectivity index (χ1) is 13.0. The van der Waals surface area contributed by atoms with E-state index in [0.717, 1.165) is 62.7 Å². The molecule has 0 unspecified atom stereocenters. The largest absolute Gasteiger partial charge is 0.326 e. The van der Waals surface area contributed by atoms with Crippen LogP contribution in [0, 0.1) is 5.92 Å². The van der Waals surface area contributed by atoms with Gasteiger partial charge in [0.25, 0.3) is 5.91 Å². The van der Waals surface area contributed by atoms with E-state index < -0.39 is 5.54 Å². The molecule has 0 radical (unpaired) electrons. The van der Waals surface area contributed by atoms with Gasteiger partial charge in [-0.05, 0) is 30.9 Å². The van der Waals surface area contributed by atoms with Gasteiger partial charge in [0.05, 0.1) is 11.0 Å². The number of hydrogen-bond acceptors (Lipinski definition) is 5. The van der Waals surface area contributed by atoms with Crippen molar-refractivity contribution < 1.29 is 9.59 Å². The molecule has 2 atom stereocenters. The monoisotopic (exact) mass is 410 g/mol. The first-order valence-corrected chi connectivity index (χ1v) is 11.0. The maximum Gasteiger partial charge on any atom is 0.326 e. The fourth-order valence-electron chi connectivity index (χ4n) is 4.57. The van der Waals surface area contributed by atoms with E-state index in [4.69, 9.17) is 11.6 Å². The molecule has 3 aliphatic rings. The zero-order chi connectivity index (χ0) is 19.0. The van der Waals surface area contributed by atoms with E-state index in [2.05, 4.69) is 28.1 Å². The minimum atomic E-state index is -0.657. The van der Waals surface area contributed by atoms with Gasteiger partial charge in [0.1, 0.15) is 5.54 Å². The summed E-state index contributed by atoms with van der Waals surface area (Å²) in [6, 6.07) is 3.80. The Labute approximate surface area is 169 Å². The van der Waals surface area contributed by atoms with Gasteiger partial charge in [0, 0.05) is 37.6 Å². The van der Waals surface area contributed by atoms with Crippen molar-refractivity contribution in [3.05, 3.63) is 21.3 Å². The van der Waals surface area contributed by atoms with Crippen LogP contribution in [0.5, 0.6) is 0 Å². The van der Waals surface area contributed by atoms with Crippen molar-refractivity contribution in [2.24, 2.45) is 5.92 Å². The summed E-state index contributed by atoms with van der Waals surface area (Å²) in [5.74, 6) is 0.192. The zero-order valence-electron chi connectivity index (χ0n) is 15.7. The highest BCUT2D eigenvalue weighted by molar-refractivity contribution is 7.16. The number of rotatable bonds is 4. The number of thiophene rings is 1. The van der Waals surface area contributed by atoms with Gasteiger partial charge in [-0.1, -0.05) is 31.4 Å². The molecule has 3 amide bonds. The van der Waals surface area contributed by atoms with Crippen molar-refractivity contribution >= 4 is 34.9 Å². The second-order valence-corrected chi connectivity index (χ2v) is 9.82. The number of hydrogen-bond donors (Lipinski definition) is 1. The summed E-state index contributed by atoms with van der Waals surface area (Å²) in [7, 11) is 0. The lowest BCUT2D eigenvalue weighted by molar-refractivity contribution is -0.136. The highest BCUT2D eigenvalue weighted by Crippen LogP contribution is 2.38. The third-order valence-corrected chi connectivity index (χ3v) is 7.53. The van der Waals surface area contributed by atoms with Gasteiger partial charge in [-0.3, -0.25) is 14.6 Å². The Morgan fingerprint density at radius 1 is 1.19 bits per heavy atom. The normalized spacial score (nSPS) is 30.3. The Morgan fingerprint density at radius 2 is 1.93 bits per heavy atom. The maximum absolute atomic E-state index is 13.1. The second kappa shape index (κ2) is 7.70. The third-order valence-electron chi connectivity index (χ3n) is 6.32. The number of carbonyl (C=O) groups excluding carboxylic acids is 2. The number of piperazine rings is 1. The summed E-state index contributed by atoms with van der Waals surface area (Å²) in [5, 5.41) is 3.04. The molecule has 2 saturated heterocycles. The highest BCUT2D eigenvalue weighted by Gasteiger charge is 2.55. The first kappa shape index (κ1) is 19.2. The van der Waals surface area contributed by atoms with E-state index in [1.165, 1.54) is 9.78 Å². The minimum Gasteiger partial charge on any atom is -0.323 e. The van der Waals surface area contributed by atoms with Crippen molar-refractivity contribution in [3.63, 3.8) is 0 Å². The number of halogens is 1. The average molecular weight is 411 g/mol. The molecule has 4 rings (SSSR count). The molecule has 1 N–H and O–H groups in total. The quantitative estimate of drug-likeness (QED) is 0.775. The van der Waals surface area contributed by atoms with E-state index in [1.54, 1.807) is 11.3 Å². The molecule has 2 aliphatic heterocycles. The van der Waals surface area contributed by atoms with Crippen LogP contribution < -0.4 is 5.32 Å². The lowest BCUT2D eigenvalue weighted by atomic mass is 9.73. The molecule has 1 aromatic heterocycles. The predicted octanol–water partition coefficient (Wildman–Crippen LogP) is 2.98. The van der Waals surface area contributed by atoms with Crippen LogP contribution in [0.1, 0.15) is 37.5 Å². The number of nitrogens with zero attached hydrogens (tertiary/aromatic N) is 3. The van der Waals surface area contributed by atoms with Crippen LogP contribution >= 0.6 is 22.9 Å². The number of imide groups is 1. The highest BCUT2D eigenvalue weighted by atomic mass is 35.5.